The van der Waals surface area contributed by atoms with E-state index in [4.69, 9.17) is 9.47 Å². The number of aromatic carboxylic acids is 1. The number of carboxylic acids is 1. The predicted octanol–water partition coefficient (Wildman–Crippen LogP) is 5.72. The Morgan fingerprint density at radius 2 is 1.32 bits per heavy atom. The van der Waals surface area contributed by atoms with Crippen LogP contribution < -0.4 is 9.47 Å². The van der Waals surface area contributed by atoms with Crippen LogP contribution in [0.1, 0.15) is 24.2 Å². The summed E-state index contributed by atoms with van der Waals surface area (Å²) in [6.45, 7) is 4.00. The van der Waals surface area contributed by atoms with Crippen molar-refractivity contribution >= 4 is 17.1 Å². The van der Waals surface area contributed by atoms with Gasteiger partial charge in [-0.2, -0.15) is 4.55 Å². The summed E-state index contributed by atoms with van der Waals surface area (Å²) in [7, 11) is 1.60. The summed E-state index contributed by atoms with van der Waals surface area (Å²) in [5, 5.41) is 9.27. The summed E-state index contributed by atoms with van der Waals surface area (Å²) >= 11 is -1.34. The van der Waals surface area contributed by atoms with Gasteiger partial charge in [0.25, 0.3) is 0 Å². The van der Waals surface area contributed by atoms with Gasteiger partial charge in [-0.3, -0.25) is 0 Å². The average molecular weight is 399 g/mol. The van der Waals surface area contributed by atoms with Crippen LogP contribution in [0.3, 0.4) is 0 Å². The van der Waals surface area contributed by atoms with Gasteiger partial charge in [0.2, 0.25) is 16.1 Å². The van der Waals surface area contributed by atoms with Crippen molar-refractivity contribution in [1.82, 2.24) is 0 Å². The van der Waals surface area contributed by atoms with Crippen molar-refractivity contribution in [2.45, 2.75) is 23.6 Å². The van der Waals surface area contributed by atoms with E-state index < -0.39 is 17.1 Å². The molecule has 3 rings (SSSR count). The molecule has 0 aliphatic carbocycles. The topological polar surface area (TPSA) is 76.0 Å². The number of hydrogen-bond donors (Lipinski definition) is 2. The molecule has 1 atom stereocenters. The van der Waals surface area contributed by atoms with E-state index in [0.717, 1.165) is 5.75 Å². The summed E-state index contributed by atoms with van der Waals surface area (Å²) in [4.78, 5) is 12.3. The highest BCUT2D eigenvalue weighted by atomic mass is 32.2. The minimum atomic E-state index is -1.34. The zero-order valence-corrected chi connectivity index (χ0v) is 16.8. The molecule has 3 aromatic carbocycles. The van der Waals surface area contributed by atoms with E-state index in [1.807, 2.05) is 13.8 Å². The van der Waals surface area contributed by atoms with E-state index in [1.165, 1.54) is 6.07 Å². The van der Waals surface area contributed by atoms with Crippen LogP contribution >= 0.6 is 0 Å². The minimum Gasteiger partial charge on any atom is -0.497 e. The molecular formula is C22H23O5S+. The standard InChI is InChI=1S/C20H16O5S.C2H6/c1-24-14-6-8-15(9-7-14)25-16-10-12-17(13-11-16)26(23)19-5-3-2-4-18(19)20(21)22;1-2/h2-13,23H,1H3;1-2H3/p+1. The molecule has 3 aromatic rings. The first-order valence-electron chi connectivity index (χ1n) is 8.76. The lowest BCUT2D eigenvalue weighted by Crippen LogP contribution is -2.09. The molecule has 0 saturated carbocycles. The molecule has 0 aliphatic heterocycles. The van der Waals surface area contributed by atoms with Crippen molar-refractivity contribution in [2.24, 2.45) is 0 Å². The maximum absolute atomic E-state index is 11.3. The number of rotatable bonds is 6. The Balaban J connectivity index is 0.00000136. The van der Waals surface area contributed by atoms with Gasteiger partial charge in [-0.15, -0.1) is 0 Å². The number of carboxylic acid groups (broad SMARTS) is 1. The SMILES string of the molecule is CC.COc1ccc(Oc2ccc([S+](O)c3ccccc3C(=O)O)cc2)cc1. The molecule has 0 aromatic heterocycles. The van der Waals surface area contributed by atoms with Gasteiger partial charge in [0, 0.05) is 12.1 Å². The van der Waals surface area contributed by atoms with Crippen molar-refractivity contribution in [3.63, 3.8) is 0 Å². The van der Waals surface area contributed by atoms with Crippen LogP contribution in [0.15, 0.2) is 82.6 Å². The van der Waals surface area contributed by atoms with Gasteiger partial charge in [-0.05, 0) is 48.5 Å². The molecule has 0 amide bonds. The number of carbonyl (C=O) groups is 1. The van der Waals surface area contributed by atoms with Gasteiger partial charge in [-0.1, -0.05) is 26.0 Å². The average Bonchev–Trinajstić information content (AvgIpc) is 2.75. The smallest absolute Gasteiger partial charge is 0.340 e. The van der Waals surface area contributed by atoms with Gasteiger partial charge in [0.15, 0.2) is 4.90 Å². The third-order valence-electron chi connectivity index (χ3n) is 3.67. The number of hydrogen-bond acceptors (Lipinski definition) is 4. The molecule has 0 aliphatic rings. The summed E-state index contributed by atoms with van der Waals surface area (Å²) in [5.41, 5.74) is 0.0943. The highest BCUT2D eigenvalue weighted by Gasteiger charge is 2.29. The minimum absolute atomic E-state index is 0.0943. The Kier molecular flexibility index (Phi) is 7.92. The largest absolute Gasteiger partial charge is 0.497 e. The summed E-state index contributed by atoms with van der Waals surface area (Å²) in [6.07, 6.45) is 0. The maximum Gasteiger partial charge on any atom is 0.340 e. The normalized spacial score (nSPS) is 11.0. The van der Waals surface area contributed by atoms with Gasteiger partial charge >= 0.3 is 5.97 Å². The molecule has 0 fully saturated rings. The van der Waals surface area contributed by atoms with Gasteiger partial charge in [-0.25, -0.2) is 4.79 Å². The first kappa shape index (κ1) is 21.3. The molecule has 0 saturated heterocycles. The first-order valence-corrected chi connectivity index (χ1v) is 9.94. The van der Waals surface area contributed by atoms with Crippen LogP contribution in [0.5, 0.6) is 17.2 Å². The second-order valence-corrected chi connectivity index (χ2v) is 6.82. The van der Waals surface area contributed by atoms with Crippen molar-refractivity contribution in [1.29, 1.82) is 0 Å². The van der Waals surface area contributed by atoms with E-state index in [9.17, 15) is 14.5 Å². The van der Waals surface area contributed by atoms with E-state index in [1.54, 1.807) is 73.8 Å². The van der Waals surface area contributed by atoms with Crippen LogP contribution in [-0.2, 0) is 11.2 Å². The van der Waals surface area contributed by atoms with Gasteiger partial charge in [0.1, 0.15) is 22.8 Å². The van der Waals surface area contributed by atoms with Crippen LogP contribution in [-0.4, -0.2) is 22.7 Å². The lowest BCUT2D eigenvalue weighted by Gasteiger charge is -2.07. The molecule has 146 valence electrons. The molecule has 6 heteroatoms. The second-order valence-electron chi connectivity index (χ2n) is 5.33. The summed E-state index contributed by atoms with van der Waals surface area (Å²) in [5.74, 6) is 0.959. The molecule has 28 heavy (non-hydrogen) atoms. The monoisotopic (exact) mass is 399 g/mol. The van der Waals surface area contributed by atoms with Gasteiger partial charge < -0.3 is 14.6 Å². The number of ether oxygens (including phenoxy) is 2. The fourth-order valence-corrected chi connectivity index (χ4v) is 3.57. The molecule has 1 unspecified atom stereocenters. The van der Waals surface area contributed by atoms with Crippen LogP contribution in [0.2, 0.25) is 0 Å². The van der Waals surface area contributed by atoms with E-state index in [0.29, 0.717) is 21.3 Å². The number of benzene rings is 3. The van der Waals surface area contributed by atoms with Crippen molar-refractivity contribution in [2.75, 3.05) is 7.11 Å². The molecular weight excluding hydrogens is 376 g/mol. The van der Waals surface area contributed by atoms with Crippen LogP contribution in [0.4, 0.5) is 0 Å². The predicted molar refractivity (Wildman–Crippen MR) is 111 cm³/mol. The third-order valence-corrected chi connectivity index (χ3v) is 5.16. The highest BCUT2D eigenvalue weighted by Crippen LogP contribution is 2.28. The zero-order valence-electron chi connectivity index (χ0n) is 16.0. The molecule has 0 bridgehead atoms. The summed E-state index contributed by atoms with van der Waals surface area (Å²) in [6, 6.07) is 20.6. The molecule has 2 N–H and O–H groups in total. The fourth-order valence-electron chi connectivity index (χ4n) is 2.36. The Hall–Kier alpha value is -2.96. The highest BCUT2D eigenvalue weighted by molar-refractivity contribution is 7.91. The van der Waals surface area contributed by atoms with Crippen molar-refractivity contribution < 1.29 is 23.9 Å². The Labute approximate surface area is 167 Å². The van der Waals surface area contributed by atoms with Gasteiger partial charge in [0.05, 0.1) is 7.11 Å². The fraction of sp³-hybridized carbons (Fsp3) is 0.136. The van der Waals surface area contributed by atoms with Crippen LogP contribution in [0.25, 0.3) is 0 Å². The quantitative estimate of drug-likeness (QED) is 0.518. The Bertz CT molecular complexity index is 892. The lowest BCUT2D eigenvalue weighted by molar-refractivity contribution is 0.0692. The Morgan fingerprint density at radius 3 is 1.86 bits per heavy atom. The van der Waals surface area contributed by atoms with E-state index in [-0.39, 0.29) is 5.56 Å². The Morgan fingerprint density at radius 1 is 0.821 bits per heavy atom. The lowest BCUT2D eigenvalue weighted by atomic mass is 10.2. The van der Waals surface area contributed by atoms with E-state index >= 15 is 0 Å². The van der Waals surface area contributed by atoms with Crippen LogP contribution in [0, 0.1) is 0 Å². The maximum atomic E-state index is 11.3. The summed E-state index contributed by atoms with van der Waals surface area (Å²) < 4.78 is 21.4. The van der Waals surface area contributed by atoms with Crippen molar-refractivity contribution in [3.05, 3.63) is 78.4 Å². The first-order chi connectivity index (χ1) is 13.6. The second kappa shape index (κ2) is 10.4. The molecule has 5 nitrogen and oxygen atoms in total. The number of methoxy groups -OCH3 is 1. The molecule has 0 spiro atoms. The molecule has 0 radical (unpaired) electrons. The molecule has 0 heterocycles. The van der Waals surface area contributed by atoms with E-state index in [2.05, 4.69) is 0 Å². The zero-order chi connectivity index (χ0) is 20.5. The van der Waals surface area contributed by atoms with Crippen molar-refractivity contribution in [3.8, 4) is 17.2 Å². The third kappa shape index (κ3) is 5.28.